The molecule has 0 saturated heterocycles. The third kappa shape index (κ3) is 1.14. The van der Waals surface area contributed by atoms with Gasteiger partial charge in [-0.05, 0) is 6.26 Å². The summed E-state index contributed by atoms with van der Waals surface area (Å²) in [6.07, 6.45) is 3.27. The molecule has 0 aliphatic carbocycles. The van der Waals surface area contributed by atoms with Gasteiger partial charge in [0.2, 0.25) is 0 Å². The topological polar surface area (TPSA) is 63.6 Å². The number of hydrogen-bond acceptors (Lipinski definition) is 4. The fourth-order valence-electron chi connectivity index (χ4n) is 1.20. The Balaban J connectivity index is 2.97. The van der Waals surface area contributed by atoms with Crippen molar-refractivity contribution in [2.45, 2.75) is 5.03 Å². The molecule has 0 aliphatic rings. The van der Waals surface area contributed by atoms with Gasteiger partial charge in [-0.15, -0.1) is 11.8 Å². The van der Waals surface area contributed by atoms with Gasteiger partial charge in [0.15, 0.2) is 5.65 Å². The van der Waals surface area contributed by atoms with Crippen LogP contribution in [0.25, 0.3) is 11.0 Å². The number of nitrogens with zero attached hydrogens (tertiary/aromatic N) is 3. The average Bonchev–Trinajstić information content (AvgIpc) is 2.45. The second-order valence-electron chi connectivity index (χ2n) is 2.56. The van der Waals surface area contributed by atoms with E-state index >= 15 is 0 Å². The molecule has 0 atom stereocenters. The number of thioether (sulfide) groups is 1. The summed E-state index contributed by atoms with van der Waals surface area (Å²) < 4.78 is 1.61. The smallest absolute Gasteiger partial charge is 0.263 e. The maximum atomic E-state index is 11.4. The zero-order chi connectivity index (χ0) is 9.42. The van der Waals surface area contributed by atoms with Crippen molar-refractivity contribution in [3.05, 3.63) is 16.7 Å². The average molecular weight is 196 g/mol. The van der Waals surface area contributed by atoms with Crippen LogP contribution in [0.3, 0.4) is 0 Å². The monoisotopic (exact) mass is 196 g/mol. The van der Waals surface area contributed by atoms with Gasteiger partial charge in [-0.25, -0.2) is 9.67 Å². The quantitative estimate of drug-likeness (QED) is 0.670. The first-order chi connectivity index (χ1) is 6.24. The summed E-state index contributed by atoms with van der Waals surface area (Å²) in [6, 6.07) is 0. The molecule has 0 bridgehead atoms. The Labute approximate surface area is 78.2 Å². The van der Waals surface area contributed by atoms with E-state index in [1.54, 1.807) is 11.7 Å². The Morgan fingerprint density at radius 3 is 3.08 bits per heavy atom. The van der Waals surface area contributed by atoms with Gasteiger partial charge in [0.1, 0.15) is 10.4 Å². The molecular formula is C7H8N4OS. The third-order valence-electron chi connectivity index (χ3n) is 1.79. The van der Waals surface area contributed by atoms with Crippen molar-refractivity contribution in [3.63, 3.8) is 0 Å². The van der Waals surface area contributed by atoms with Gasteiger partial charge < -0.3 is 4.98 Å². The summed E-state index contributed by atoms with van der Waals surface area (Å²) in [5.41, 5.74) is 0.482. The summed E-state index contributed by atoms with van der Waals surface area (Å²) in [4.78, 5) is 18.0. The maximum absolute atomic E-state index is 11.4. The number of nitrogens with one attached hydrogen (secondary N) is 1. The second-order valence-corrected chi connectivity index (χ2v) is 3.36. The van der Waals surface area contributed by atoms with Crippen LogP contribution in [0.2, 0.25) is 0 Å². The number of aromatic amines is 1. The minimum absolute atomic E-state index is 0.137. The van der Waals surface area contributed by atoms with E-state index in [-0.39, 0.29) is 5.56 Å². The van der Waals surface area contributed by atoms with Gasteiger partial charge >= 0.3 is 0 Å². The van der Waals surface area contributed by atoms with Crippen LogP contribution in [0, 0.1) is 0 Å². The zero-order valence-electron chi connectivity index (χ0n) is 7.24. The number of rotatable bonds is 1. The van der Waals surface area contributed by atoms with Gasteiger partial charge in [-0.1, -0.05) is 0 Å². The van der Waals surface area contributed by atoms with E-state index in [0.29, 0.717) is 16.1 Å². The molecule has 2 rings (SSSR count). The molecule has 0 aliphatic heterocycles. The molecule has 0 unspecified atom stereocenters. The fourth-order valence-corrected chi connectivity index (χ4v) is 1.80. The van der Waals surface area contributed by atoms with Crippen molar-refractivity contribution < 1.29 is 0 Å². The summed E-state index contributed by atoms with van der Waals surface area (Å²) in [7, 11) is 1.77. The lowest BCUT2D eigenvalue weighted by Gasteiger charge is -1.89. The van der Waals surface area contributed by atoms with Crippen LogP contribution in [0.5, 0.6) is 0 Å². The van der Waals surface area contributed by atoms with Gasteiger partial charge in [-0.2, -0.15) is 5.10 Å². The maximum Gasteiger partial charge on any atom is 0.263 e. The lowest BCUT2D eigenvalue weighted by Crippen LogP contribution is -2.06. The van der Waals surface area contributed by atoms with Crippen molar-refractivity contribution in [3.8, 4) is 0 Å². The lowest BCUT2D eigenvalue weighted by molar-refractivity contribution is 0.754. The highest BCUT2D eigenvalue weighted by atomic mass is 32.2. The molecule has 0 aromatic carbocycles. The van der Waals surface area contributed by atoms with E-state index in [4.69, 9.17) is 0 Å². The van der Waals surface area contributed by atoms with Crippen LogP contribution >= 0.6 is 11.8 Å². The molecule has 2 aromatic heterocycles. The zero-order valence-corrected chi connectivity index (χ0v) is 8.05. The van der Waals surface area contributed by atoms with Crippen LogP contribution < -0.4 is 5.56 Å². The van der Waals surface area contributed by atoms with Crippen LogP contribution in [0.15, 0.2) is 16.1 Å². The molecule has 0 saturated carbocycles. The standard InChI is InChI=1S/C7H8N4OS/c1-11-5-4(7(10-11)13-2)6(12)9-3-8-5/h3H,1-2H3,(H,8,9,12). The molecule has 0 fully saturated rings. The van der Waals surface area contributed by atoms with E-state index < -0.39 is 0 Å². The molecular weight excluding hydrogens is 188 g/mol. The van der Waals surface area contributed by atoms with Crippen molar-refractivity contribution in [1.82, 2.24) is 19.7 Å². The molecule has 1 N–H and O–H groups in total. The number of aryl methyl sites for hydroxylation is 1. The van der Waals surface area contributed by atoms with Crippen molar-refractivity contribution in [2.24, 2.45) is 7.05 Å². The Morgan fingerprint density at radius 1 is 1.62 bits per heavy atom. The Hall–Kier alpha value is -1.30. The molecule has 5 nitrogen and oxygen atoms in total. The van der Waals surface area contributed by atoms with Gasteiger partial charge in [-0.3, -0.25) is 4.79 Å². The molecule has 2 heterocycles. The van der Waals surface area contributed by atoms with Crippen molar-refractivity contribution in [1.29, 1.82) is 0 Å². The van der Waals surface area contributed by atoms with E-state index in [1.807, 2.05) is 6.26 Å². The van der Waals surface area contributed by atoms with Crippen LogP contribution in [0.4, 0.5) is 0 Å². The van der Waals surface area contributed by atoms with Gasteiger partial charge in [0.25, 0.3) is 5.56 Å². The SMILES string of the molecule is CSc1nn(C)c2nc[nH]c(=O)c12. The Kier molecular flexibility index (Phi) is 1.84. The molecule has 13 heavy (non-hydrogen) atoms. The molecule has 68 valence electrons. The molecule has 0 spiro atoms. The third-order valence-corrected chi connectivity index (χ3v) is 2.46. The van der Waals surface area contributed by atoms with E-state index in [0.717, 1.165) is 0 Å². The minimum Gasteiger partial charge on any atom is -0.312 e. The Morgan fingerprint density at radius 2 is 2.38 bits per heavy atom. The molecule has 2 aromatic rings. The first-order valence-electron chi connectivity index (χ1n) is 3.68. The minimum atomic E-state index is -0.137. The molecule has 0 radical (unpaired) electrons. The lowest BCUT2D eigenvalue weighted by atomic mass is 10.4. The van der Waals surface area contributed by atoms with E-state index in [1.165, 1.54) is 18.1 Å². The fraction of sp³-hybridized carbons (Fsp3) is 0.286. The van der Waals surface area contributed by atoms with Gasteiger partial charge in [0.05, 0.1) is 6.33 Å². The normalized spacial score (nSPS) is 10.9. The molecule has 0 amide bonds. The van der Waals surface area contributed by atoms with E-state index in [9.17, 15) is 4.79 Å². The highest BCUT2D eigenvalue weighted by Crippen LogP contribution is 2.19. The molecule has 6 heteroatoms. The predicted octanol–water partition coefficient (Wildman–Crippen LogP) is 0.378. The summed E-state index contributed by atoms with van der Waals surface area (Å²) in [5.74, 6) is 0. The number of fused-ring (bicyclic) bond motifs is 1. The van der Waals surface area contributed by atoms with Crippen molar-refractivity contribution in [2.75, 3.05) is 6.26 Å². The number of H-pyrrole nitrogens is 1. The number of hydrogen-bond donors (Lipinski definition) is 1. The van der Waals surface area contributed by atoms with E-state index in [2.05, 4.69) is 15.1 Å². The highest BCUT2D eigenvalue weighted by Gasteiger charge is 2.11. The van der Waals surface area contributed by atoms with Gasteiger partial charge in [0, 0.05) is 7.05 Å². The first kappa shape index (κ1) is 8.31. The van der Waals surface area contributed by atoms with Crippen LogP contribution in [0.1, 0.15) is 0 Å². The van der Waals surface area contributed by atoms with Crippen LogP contribution in [-0.2, 0) is 7.05 Å². The van der Waals surface area contributed by atoms with Crippen LogP contribution in [-0.4, -0.2) is 26.0 Å². The summed E-state index contributed by atoms with van der Waals surface area (Å²) >= 11 is 1.44. The summed E-state index contributed by atoms with van der Waals surface area (Å²) in [6.45, 7) is 0. The summed E-state index contributed by atoms with van der Waals surface area (Å²) in [5, 5.41) is 5.45. The van der Waals surface area contributed by atoms with Crippen molar-refractivity contribution >= 4 is 22.8 Å². The highest BCUT2D eigenvalue weighted by molar-refractivity contribution is 7.98. The largest absolute Gasteiger partial charge is 0.312 e. The second kappa shape index (κ2) is 2.88. The first-order valence-corrected chi connectivity index (χ1v) is 4.91. The Bertz CT molecular complexity index is 501. The predicted molar refractivity (Wildman–Crippen MR) is 50.9 cm³/mol. The number of aromatic nitrogens is 4.